The van der Waals surface area contributed by atoms with Crippen LogP contribution in [0.2, 0.25) is 0 Å². The highest BCUT2D eigenvalue weighted by atomic mass is 16.2. The molecule has 0 bridgehead atoms. The lowest BCUT2D eigenvalue weighted by Gasteiger charge is -2.34. The van der Waals surface area contributed by atoms with Crippen LogP contribution in [0.1, 0.15) is 77.0 Å². The van der Waals surface area contributed by atoms with E-state index in [9.17, 15) is 9.59 Å². The Labute approximate surface area is 152 Å². The molecule has 1 saturated carbocycles. The highest BCUT2D eigenvalue weighted by molar-refractivity contribution is 5.77. The van der Waals surface area contributed by atoms with Gasteiger partial charge >= 0.3 is 6.03 Å². The number of nitrogens with one attached hydrogen (secondary N) is 1. The number of likely N-dealkylation sites (tertiary alicyclic amines) is 2. The SMILES string of the molecule is O=C(CC1CCN(C(=O)NC2CCCCC2)CC1)N1CCCCCC1. The Bertz CT molecular complexity index is 432. The van der Waals surface area contributed by atoms with Crippen molar-refractivity contribution in [2.24, 2.45) is 5.92 Å². The van der Waals surface area contributed by atoms with Crippen molar-refractivity contribution >= 4 is 11.9 Å². The van der Waals surface area contributed by atoms with E-state index in [1.807, 2.05) is 4.90 Å². The van der Waals surface area contributed by atoms with Gasteiger partial charge in [0, 0.05) is 38.6 Å². The van der Waals surface area contributed by atoms with Crippen molar-refractivity contribution in [3.8, 4) is 0 Å². The summed E-state index contributed by atoms with van der Waals surface area (Å²) in [4.78, 5) is 29.0. The minimum Gasteiger partial charge on any atom is -0.343 e. The van der Waals surface area contributed by atoms with Gasteiger partial charge in [0.05, 0.1) is 0 Å². The predicted molar refractivity (Wildman–Crippen MR) is 99.4 cm³/mol. The maximum absolute atomic E-state index is 12.5. The molecule has 0 aromatic heterocycles. The molecular weight excluding hydrogens is 314 g/mol. The summed E-state index contributed by atoms with van der Waals surface area (Å²) in [5.41, 5.74) is 0. The molecule has 142 valence electrons. The number of hydrogen-bond acceptors (Lipinski definition) is 2. The zero-order valence-electron chi connectivity index (χ0n) is 15.7. The second kappa shape index (κ2) is 9.44. The molecule has 0 aromatic rings. The van der Waals surface area contributed by atoms with Crippen LogP contribution in [0.3, 0.4) is 0 Å². The first-order valence-electron chi connectivity index (χ1n) is 10.6. The van der Waals surface area contributed by atoms with Gasteiger partial charge in [0.25, 0.3) is 0 Å². The number of hydrogen-bond donors (Lipinski definition) is 1. The van der Waals surface area contributed by atoms with Crippen molar-refractivity contribution in [3.63, 3.8) is 0 Å². The van der Waals surface area contributed by atoms with Crippen LogP contribution in [0.25, 0.3) is 0 Å². The predicted octanol–water partition coefficient (Wildman–Crippen LogP) is 3.53. The first kappa shape index (κ1) is 18.5. The molecule has 3 fully saturated rings. The normalized spacial score (nSPS) is 24.0. The minimum atomic E-state index is 0.115. The molecule has 2 aliphatic heterocycles. The number of carbonyl (C=O) groups is 2. The first-order chi connectivity index (χ1) is 12.2. The van der Waals surface area contributed by atoms with Crippen LogP contribution in [-0.4, -0.2) is 54.0 Å². The summed E-state index contributed by atoms with van der Waals surface area (Å²) in [6, 6.07) is 0.493. The molecule has 3 rings (SSSR count). The van der Waals surface area contributed by atoms with Gasteiger partial charge in [-0.15, -0.1) is 0 Å². The van der Waals surface area contributed by atoms with Crippen LogP contribution >= 0.6 is 0 Å². The lowest BCUT2D eigenvalue weighted by Crippen LogP contribution is -2.48. The van der Waals surface area contributed by atoms with Gasteiger partial charge in [-0.25, -0.2) is 4.79 Å². The van der Waals surface area contributed by atoms with Gasteiger partial charge in [-0.3, -0.25) is 4.79 Å². The highest BCUT2D eigenvalue weighted by Gasteiger charge is 2.27. The van der Waals surface area contributed by atoms with Crippen molar-refractivity contribution in [1.82, 2.24) is 15.1 Å². The standard InChI is InChI=1S/C20H35N3O2/c24-19(22-12-6-1-2-7-13-22)16-17-10-14-23(15-11-17)20(25)21-18-8-4-3-5-9-18/h17-18H,1-16H2,(H,21,25). The fourth-order valence-corrected chi connectivity index (χ4v) is 4.55. The summed E-state index contributed by atoms with van der Waals surface area (Å²) in [5, 5.41) is 3.21. The van der Waals surface area contributed by atoms with E-state index in [-0.39, 0.29) is 6.03 Å². The first-order valence-corrected chi connectivity index (χ1v) is 10.6. The summed E-state index contributed by atoms with van der Waals surface area (Å²) in [5.74, 6) is 0.793. The number of rotatable bonds is 3. The van der Waals surface area contributed by atoms with Crippen molar-refractivity contribution in [2.75, 3.05) is 26.2 Å². The van der Waals surface area contributed by atoms with Gasteiger partial charge in [-0.1, -0.05) is 32.1 Å². The van der Waals surface area contributed by atoms with Gasteiger partial charge in [-0.2, -0.15) is 0 Å². The Hall–Kier alpha value is -1.26. The smallest absolute Gasteiger partial charge is 0.317 e. The lowest BCUT2D eigenvalue weighted by atomic mass is 9.93. The molecule has 25 heavy (non-hydrogen) atoms. The van der Waals surface area contributed by atoms with Crippen molar-refractivity contribution < 1.29 is 9.59 Å². The van der Waals surface area contributed by atoms with E-state index in [1.54, 1.807) is 0 Å². The van der Waals surface area contributed by atoms with E-state index in [0.29, 0.717) is 24.3 Å². The third-order valence-corrected chi connectivity index (χ3v) is 6.26. The average Bonchev–Trinajstić information content (AvgIpc) is 2.92. The highest BCUT2D eigenvalue weighted by Crippen LogP contribution is 2.23. The maximum Gasteiger partial charge on any atom is 0.317 e. The molecule has 0 unspecified atom stereocenters. The van der Waals surface area contributed by atoms with Crippen molar-refractivity contribution in [3.05, 3.63) is 0 Å². The summed E-state index contributed by atoms with van der Waals surface area (Å²) < 4.78 is 0. The molecule has 2 heterocycles. The second-order valence-electron chi connectivity index (χ2n) is 8.21. The number of urea groups is 1. The van der Waals surface area contributed by atoms with Crippen LogP contribution in [0.4, 0.5) is 4.79 Å². The zero-order chi connectivity index (χ0) is 17.5. The molecule has 0 atom stereocenters. The van der Waals surface area contributed by atoms with Crippen LogP contribution in [0, 0.1) is 5.92 Å². The fraction of sp³-hybridized carbons (Fsp3) is 0.900. The summed E-state index contributed by atoms with van der Waals surface area (Å²) >= 11 is 0. The van der Waals surface area contributed by atoms with Gasteiger partial charge in [0.1, 0.15) is 0 Å². The second-order valence-corrected chi connectivity index (χ2v) is 8.21. The van der Waals surface area contributed by atoms with E-state index in [2.05, 4.69) is 10.2 Å². The maximum atomic E-state index is 12.5. The van der Waals surface area contributed by atoms with Crippen molar-refractivity contribution in [2.45, 2.75) is 83.1 Å². The van der Waals surface area contributed by atoms with Gasteiger partial charge < -0.3 is 15.1 Å². The van der Waals surface area contributed by atoms with Crippen LogP contribution in [0.15, 0.2) is 0 Å². The Kier molecular flexibility index (Phi) is 7.00. The average molecular weight is 350 g/mol. The Morgan fingerprint density at radius 2 is 1.32 bits per heavy atom. The number of nitrogens with zero attached hydrogens (tertiary/aromatic N) is 2. The van der Waals surface area contributed by atoms with E-state index in [0.717, 1.165) is 64.7 Å². The lowest BCUT2D eigenvalue weighted by molar-refractivity contribution is -0.132. The summed E-state index contributed by atoms with van der Waals surface area (Å²) in [7, 11) is 0. The number of piperidine rings is 1. The Morgan fingerprint density at radius 3 is 1.96 bits per heavy atom. The molecule has 5 heteroatoms. The van der Waals surface area contributed by atoms with E-state index in [4.69, 9.17) is 0 Å². The monoisotopic (exact) mass is 349 g/mol. The van der Waals surface area contributed by atoms with Crippen molar-refractivity contribution in [1.29, 1.82) is 0 Å². The molecule has 0 aromatic carbocycles. The molecule has 0 spiro atoms. The van der Waals surface area contributed by atoms with Crippen LogP contribution < -0.4 is 5.32 Å². The van der Waals surface area contributed by atoms with E-state index in [1.165, 1.54) is 32.1 Å². The Balaban J connectivity index is 1.37. The molecule has 1 aliphatic carbocycles. The number of carbonyl (C=O) groups excluding carboxylic acids is 2. The molecule has 5 nitrogen and oxygen atoms in total. The van der Waals surface area contributed by atoms with Gasteiger partial charge in [0.2, 0.25) is 5.91 Å². The fourth-order valence-electron chi connectivity index (χ4n) is 4.55. The topological polar surface area (TPSA) is 52.7 Å². The van der Waals surface area contributed by atoms with Gasteiger partial charge in [-0.05, 0) is 44.4 Å². The third-order valence-electron chi connectivity index (χ3n) is 6.26. The van der Waals surface area contributed by atoms with Gasteiger partial charge in [0.15, 0.2) is 0 Å². The van der Waals surface area contributed by atoms with E-state index >= 15 is 0 Å². The van der Waals surface area contributed by atoms with E-state index < -0.39 is 0 Å². The molecule has 3 amide bonds. The quantitative estimate of drug-likeness (QED) is 0.847. The molecule has 3 aliphatic rings. The largest absolute Gasteiger partial charge is 0.343 e. The third kappa shape index (κ3) is 5.61. The summed E-state index contributed by atoms with van der Waals surface area (Å²) in [6.07, 6.45) is 13.5. The zero-order valence-corrected chi connectivity index (χ0v) is 15.7. The Morgan fingerprint density at radius 1 is 0.720 bits per heavy atom. The molecule has 0 radical (unpaired) electrons. The molecule has 2 saturated heterocycles. The van der Waals surface area contributed by atoms with Crippen LogP contribution in [-0.2, 0) is 4.79 Å². The minimum absolute atomic E-state index is 0.115. The molecule has 1 N–H and O–H groups in total. The number of amides is 3. The van der Waals surface area contributed by atoms with Crippen LogP contribution in [0.5, 0.6) is 0 Å². The molecular formula is C20H35N3O2. The summed E-state index contributed by atoms with van der Waals surface area (Å²) in [6.45, 7) is 3.50.